The van der Waals surface area contributed by atoms with E-state index in [4.69, 9.17) is 14.2 Å². The SMILES string of the molecule is CCN(C(=O)COC(=O)c1cc(NC(=O)c2cccs2)c(OC)c(OC)c1)[C@H]1CCS(=O)(=O)C1. The van der Waals surface area contributed by atoms with Crippen molar-refractivity contribution in [2.75, 3.05) is 44.2 Å². The van der Waals surface area contributed by atoms with Crippen LogP contribution in [0.4, 0.5) is 5.69 Å². The highest BCUT2D eigenvalue weighted by molar-refractivity contribution is 7.91. The number of carbonyl (C=O) groups excluding carboxylic acids is 3. The molecule has 1 saturated heterocycles. The third kappa shape index (κ3) is 5.86. The van der Waals surface area contributed by atoms with E-state index >= 15 is 0 Å². The minimum Gasteiger partial charge on any atom is -0.493 e. The molecule has 184 valence electrons. The van der Waals surface area contributed by atoms with E-state index in [2.05, 4.69) is 5.32 Å². The molecule has 1 aromatic heterocycles. The number of sulfone groups is 1. The van der Waals surface area contributed by atoms with Crippen molar-refractivity contribution in [1.82, 2.24) is 4.90 Å². The van der Waals surface area contributed by atoms with Crippen molar-refractivity contribution in [2.45, 2.75) is 19.4 Å². The first-order valence-electron chi connectivity index (χ1n) is 10.5. The van der Waals surface area contributed by atoms with Crippen LogP contribution in [0.5, 0.6) is 11.5 Å². The molecule has 1 atom stereocenters. The maximum atomic E-state index is 12.7. The van der Waals surface area contributed by atoms with Gasteiger partial charge in [-0.2, -0.15) is 0 Å². The van der Waals surface area contributed by atoms with E-state index in [1.807, 2.05) is 0 Å². The number of thiophene rings is 1. The number of nitrogens with one attached hydrogen (secondary N) is 1. The summed E-state index contributed by atoms with van der Waals surface area (Å²) in [7, 11) is -0.379. The van der Waals surface area contributed by atoms with Crippen molar-refractivity contribution in [3.05, 3.63) is 40.1 Å². The van der Waals surface area contributed by atoms with Gasteiger partial charge in [-0.25, -0.2) is 13.2 Å². The number of benzene rings is 1. The fraction of sp³-hybridized carbons (Fsp3) is 0.409. The van der Waals surface area contributed by atoms with Crippen LogP contribution in [0.25, 0.3) is 0 Å². The minimum absolute atomic E-state index is 0.0346. The standard InChI is InChI=1S/C22H26N2O8S2/c1-4-24(15-7-9-34(28,29)13-15)19(25)12-32-22(27)14-10-16(20(31-3)17(11-14)30-2)23-21(26)18-6-5-8-33-18/h5-6,8,10-11,15H,4,7,9,12-13H2,1-3H3,(H,23,26)/t15-/m0/s1. The number of anilines is 1. The highest BCUT2D eigenvalue weighted by Gasteiger charge is 2.34. The molecular formula is C22H26N2O8S2. The van der Waals surface area contributed by atoms with E-state index in [1.165, 1.54) is 42.6 Å². The average molecular weight is 511 g/mol. The Morgan fingerprint density at radius 1 is 1.21 bits per heavy atom. The summed E-state index contributed by atoms with van der Waals surface area (Å²) in [6.07, 6.45) is 0.360. The maximum Gasteiger partial charge on any atom is 0.338 e. The van der Waals surface area contributed by atoms with Gasteiger partial charge in [-0.05, 0) is 36.9 Å². The normalized spacial score (nSPS) is 16.5. The van der Waals surface area contributed by atoms with Gasteiger partial charge in [0.05, 0.1) is 41.9 Å². The first-order chi connectivity index (χ1) is 16.2. The van der Waals surface area contributed by atoms with Gasteiger partial charge < -0.3 is 24.4 Å². The molecule has 1 aliphatic rings. The Balaban J connectivity index is 1.74. The predicted octanol–water partition coefficient (Wildman–Crippen LogP) is 2.21. The summed E-state index contributed by atoms with van der Waals surface area (Å²) in [6, 6.07) is 5.72. The van der Waals surface area contributed by atoms with E-state index < -0.39 is 34.4 Å². The van der Waals surface area contributed by atoms with Gasteiger partial charge in [-0.1, -0.05) is 6.07 Å². The van der Waals surface area contributed by atoms with Crippen LogP contribution in [0.3, 0.4) is 0 Å². The van der Waals surface area contributed by atoms with Crippen LogP contribution in [-0.2, 0) is 19.4 Å². The monoisotopic (exact) mass is 510 g/mol. The minimum atomic E-state index is -3.16. The smallest absolute Gasteiger partial charge is 0.338 e. The Morgan fingerprint density at radius 3 is 2.53 bits per heavy atom. The van der Waals surface area contributed by atoms with Crippen molar-refractivity contribution < 1.29 is 37.0 Å². The molecule has 12 heteroatoms. The predicted molar refractivity (Wildman–Crippen MR) is 127 cm³/mol. The summed E-state index contributed by atoms with van der Waals surface area (Å²) in [5.74, 6) is -1.33. The first kappa shape index (κ1) is 25.5. The van der Waals surface area contributed by atoms with E-state index in [9.17, 15) is 22.8 Å². The Hall–Kier alpha value is -3.12. The number of methoxy groups -OCH3 is 2. The average Bonchev–Trinajstić information content (AvgIpc) is 3.47. The molecule has 0 aliphatic carbocycles. The molecule has 34 heavy (non-hydrogen) atoms. The molecular weight excluding hydrogens is 484 g/mol. The zero-order valence-electron chi connectivity index (χ0n) is 19.0. The van der Waals surface area contributed by atoms with Crippen molar-refractivity contribution in [2.24, 2.45) is 0 Å². The zero-order valence-corrected chi connectivity index (χ0v) is 20.7. The summed E-state index contributed by atoms with van der Waals surface area (Å²) < 4.78 is 39.4. The molecule has 0 saturated carbocycles. The van der Waals surface area contributed by atoms with Crippen molar-refractivity contribution >= 4 is 44.6 Å². The number of likely N-dealkylation sites (N-methyl/N-ethyl adjacent to an activating group) is 1. The first-order valence-corrected chi connectivity index (χ1v) is 13.2. The largest absolute Gasteiger partial charge is 0.493 e. The molecule has 10 nitrogen and oxygen atoms in total. The van der Waals surface area contributed by atoms with Gasteiger partial charge >= 0.3 is 5.97 Å². The summed E-state index contributed by atoms with van der Waals surface area (Å²) in [5, 5.41) is 4.46. The van der Waals surface area contributed by atoms with Gasteiger partial charge in [0, 0.05) is 12.6 Å². The van der Waals surface area contributed by atoms with Crippen LogP contribution in [0, 0.1) is 0 Å². The molecule has 2 amide bonds. The van der Waals surface area contributed by atoms with Crippen LogP contribution in [0.2, 0.25) is 0 Å². The second-order valence-electron chi connectivity index (χ2n) is 7.50. The second-order valence-corrected chi connectivity index (χ2v) is 10.7. The highest BCUT2D eigenvalue weighted by Crippen LogP contribution is 2.37. The molecule has 1 aromatic carbocycles. The molecule has 0 bridgehead atoms. The lowest BCUT2D eigenvalue weighted by Crippen LogP contribution is -2.43. The lowest BCUT2D eigenvalue weighted by atomic mass is 10.1. The maximum absolute atomic E-state index is 12.7. The molecule has 2 aromatic rings. The van der Waals surface area contributed by atoms with Crippen LogP contribution in [-0.4, -0.2) is 76.0 Å². The van der Waals surface area contributed by atoms with E-state index in [0.29, 0.717) is 17.8 Å². The number of carbonyl (C=O) groups is 3. The lowest BCUT2D eigenvalue weighted by Gasteiger charge is -2.26. The van der Waals surface area contributed by atoms with Gasteiger partial charge in [-0.15, -0.1) is 11.3 Å². The Labute approximate surface area is 201 Å². The van der Waals surface area contributed by atoms with Crippen LogP contribution >= 0.6 is 11.3 Å². The Bertz CT molecular complexity index is 1160. The molecule has 0 radical (unpaired) electrons. The topological polar surface area (TPSA) is 128 Å². The van der Waals surface area contributed by atoms with Crippen LogP contribution < -0.4 is 14.8 Å². The summed E-state index contributed by atoms with van der Waals surface area (Å²) >= 11 is 1.25. The lowest BCUT2D eigenvalue weighted by molar-refractivity contribution is -0.136. The number of ether oxygens (including phenoxy) is 3. The molecule has 0 spiro atoms. The van der Waals surface area contributed by atoms with E-state index in [1.54, 1.807) is 24.4 Å². The number of esters is 1. The quantitative estimate of drug-likeness (QED) is 0.509. The van der Waals surface area contributed by atoms with Crippen molar-refractivity contribution in [1.29, 1.82) is 0 Å². The fourth-order valence-electron chi connectivity index (χ4n) is 3.72. The molecule has 1 fully saturated rings. The number of hydrogen-bond acceptors (Lipinski definition) is 9. The Kier molecular flexibility index (Phi) is 8.15. The summed E-state index contributed by atoms with van der Waals surface area (Å²) in [6.45, 7) is 1.49. The van der Waals surface area contributed by atoms with Crippen molar-refractivity contribution in [3.8, 4) is 11.5 Å². The molecule has 1 aliphatic heterocycles. The second kappa shape index (κ2) is 10.9. The van der Waals surface area contributed by atoms with Crippen LogP contribution in [0.1, 0.15) is 33.4 Å². The molecule has 2 heterocycles. The number of nitrogens with zero attached hydrogens (tertiary/aromatic N) is 1. The number of hydrogen-bond donors (Lipinski definition) is 1. The summed E-state index contributed by atoms with van der Waals surface area (Å²) in [5.41, 5.74) is 0.239. The highest BCUT2D eigenvalue weighted by atomic mass is 32.2. The molecule has 0 unspecified atom stereocenters. The van der Waals surface area contributed by atoms with Gasteiger partial charge in [0.1, 0.15) is 0 Å². The van der Waals surface area contributed by atoms with Gasteiger partial charge in [-0.3, -0.25) is 9.59 Å². The Morgan fingerprint density at radius 2 is 1.97 bits per heavy atom. The summed E-state index contributed by atoms with van der Waals surface area (Å²) in [4.78, 5) is 39.7. The number of rotatable bonds is 9. The molecule has 3 rings (SSSR count). The van der Waals surface area contributed by atoms with E-state index in [-0.39, 0.29) is 40.2 Å². The molecule has 1 N–H and O–H groups in total. The fourth-order valence-corrected chi connectivity index (χ4v) is 6.07. The van der Waals surface area contributed by atoms with Crippen molar-refractivity contribution in [3.63, 3.8) is 0 Å². The van der Waals surface area contributed by atoms with Crippen LogP contribution in [0.15, 0.2) is 29.6 Å². The number of amides is 2. The third-order valence-corrected chi connectivity index (χ3v) is 7.96. The van der Waals surface area contributed by atoms with Gasteiger partial charge in [0.15, 0.2) is 27.9 Å². The third-order valence-electron chi connectivity index (χ3n) is 5.34. The van der Waals surface area contributed by atoms with Gasteiger partial charge in [0.2, 0.25) is 0 Å². The zero-order chi connectivity index (χ0) is 24.9. The van der Waals surface area contributed by atoms with Gasteiger partial charge in [0.25, 0.3) is 11.8 Å². The van der Waals surface area contributed by atoms with E-state index in [0.717, 1.165) is 0 Å².